The second-order valence-electron chi connectivity index (χ2n) is 4.88. The molecule has 86 valence electrons. The Bertz CT molecular complexity index is 434. The van der Waals surface area contributed by atoms with Gasteiger partial charge in [-0.15, -0.1) is 23.5 Å². The lowest BCUT2D eigenvalue weighted by Crippen LogP contribution is -2.40. The average molecular weight is 252 g/mol. The lowest BCUT2D eigenvalue weighted by Gasteiger charge is -2.34. The van der Waals surface area contributed by atoms with Crippen LogP contribution in [0.5, 0.6) is 5.75 Å². The molecule has 2 heterocycles. The Morgan fingerprint density at radius 2 is 1.88 bits per heavy atom. The van der Waals surface area contributed by atoms with Crippen molar-refractivity contribution in [3.8, 4) is 5.75 Å². The maximum atomic E-state index is 6.22. The van der Waals surface area contributed by atoms with E-state index in [1.165, 1.54) is 22.6 Å². The molecule has 0 saturated carbocycles. The molecule has 0 N–H and O–H groups in total. The van der Waals surface area contributed by atoms with Crippen molar-refractivity contribution < 1.29 is 4.74 Å². The average Bonchev–Trinajstić information content (AvgIpc) is 2.78. The summed E-state index contributed by atoms with van der Waals surface area (Å²) in [6, 6.07) is 6.53. The molecule has 3 heteroatoms. The van der Waals surface area contributed by atoms with Crippen LogP contribution in [-0.4, -0.2) is 17.1 Å². The molecule has 0 bridgehead atoms. The fourth-order valence-electron chi connectivity index (χ4n) is 2.61. The van der Waals surface area contributed by atoms with E-state index in [4.69, 9.17) is 4.74 Å². The second-order valence-corrected chi connectivity index (χ2v) is 7.75. The van der Waals surface area contributed by atoms with Crippen molar-refractivity contribution in [1.29, 1.82) is 0 Å². The summed E-state index contributed by atoms with van der Waals surface area (Å²) in [7, 11) is 0. The molecule has 16 heavy (non-hydrogen) atoms. The van der Waals surface area contributed by atoms with Crippen molar-refractivity contribution in [2.45, 2.75) is 30.5 Å². The van der Waals surface area contributed by atoms with E-state index in [2.05, 4.69) is 39.0 Å². The van der Waals surface area contributed by atoms with Crippen LogP contribution in [0.25, 0.3) is 0 Å². The van der Waals surface area contributed by atoms with Gasteiger partial charge < -0.3 is 4.74 Å². The molecule has 0 unspecified atom stereocenters. The SMILES string of the molecule is Cc1cccc2c1OC(C)(C)C21SCCS1. The van der Waals surface area contributed by atoms with Crippen molar-refractivity contribution in [2.24, 2.45) is 0 Å². The van der Waals surface area contributed by atoms with Gasteiger partial charge in [0.25, 0.3) is 0 Å². The van der Waals surface area contributed by atoms with Gasteiger partial charge in [0.2, 0.25) is 0 Å². The van der Waals surface area contributed by atoms with E-state index in [0.717, 1.165) is 5.75 Å². The van der Waals surface area contributed by atoms with E-state index in [9.17, 15) is 0 Å². The summed E-state index contributed by atoms with van der Waals surface area (Å²) in [6.45, 7) is 6.58. The maximum Gasteiger partial charge on any atom is 0.131 e. The van der Waals surface area contributed by atoms with Gasteiger partial charge >= 0.3 is 0 Å². The molecule has 3 rings (SSSR count). The van der Waals surface area contributed by atoms with E-state index in [-0.39, 0.29) is 9.68 Å². The first-order valence-electron chi connectivity index (χ1n) is 5.64. The largest absolute Gasteiger partial charge is 0.484 e. The molecule has 0 amide bonds. The van der Waals surface area contributed by atoms with Crippen LogP contribution in [0.3, 0.4) is 0 Å². The van der Waals surface area contributed by atoms with Gasteiger partial charge in [-0.25, -0.2) is 0 Å². The van der Waals surface area contributed by atoms with Crippen LogP contribution in [0.15, 0.2) is 18.2 Å². The number of hydrogen-bond acceptors (Lipinski definition) is 3. The Kier molecular flexibility index (Phi) is 2.28. The van der Waals surface area contributed by atoms with E-state index in [1.807, 2.05) is 23.5 Å². The first kappa shape index (κ1) is 10.8. The van der Waals surface area contributed by atoms with Crippen molar-refractivity contribution in [1.82, 2.24) is 0 Å². The minimum Gasteiger partial charge on any atom is -0.484 e. The molecule has 1 spiro atoms. The van der Waals surface area contributed by atoms with E-state index in [0.29, 0.717) is 0 Å². The fourth-order valence-corrected chi connectivity index (χ4v) is 6.10. The maximum absolute atomic E-state index is 6.22. The predicted octanol–water partition coefficient (Wildman–Crippen LogP) is 3.80. The lowest BCUT2D eigenvalue weighted by atomic mass is 9.99. The molecule has 1 fully saturated rings. The molecule has 0 atom stereocenters. The third kappa shape index (κ3) is 1.22. The number of para-hydroxylation sites is 1. The topological polar surface area (TPSA) is 9.23 Å². The summed E-state index contributed by atoms with van der Waals surface area (Å²) < 4.78 is 6.34. The quantitative estimate of drug-likeness (QED) is 0.695. The molecular weight excluding hydrogens is 236 g/mol. The van der Waals surface area contributed by atoms with Crippen molar-refractivity contribution in [2.75, 3.05) is 11.5 Å². The second kappa shape index (κ2) is 3.36. The third-order valence-electron chi connectivity index (χ3n) is 3.41. The van der Waals surface area contributed by atoms with Crippen LogP contribution in [0.1, 0.15) is 25.0 Å². The van der Waals surface area contributed by atoms with Crippen LogP contribution in [0, 0.1) is 6.92 Å². The molecule has 1 aromatic rings. The highest BCUT2D eigenvalue weighted by Gasteiger charge is 2.57. The monoisotopic (exact) mass is 252 g/mol. The van der Waals surface area contributed by atoms with E-state index < -0.39 is 0 Å². The first-order valence-corrected chi connectivity index (χ1v) is 7.61. The number of rotatable bonds is 0. The van der Waals surface area contributed by atoms with Crippen molar-refractivity contribution in [3.63, 3.8) is 0 Å². The molecule has 1 saturated heterocycles. The minimum absolute atomic E-state index is 0.104. The number of thioether (sulfide) groups is 2. The van der Waals surface area contributed by atoms with Crippen LogP contribution in [0.4, 0.5) is 0 Å². The van der Waals surface area contributed by atoms with Crippen molar-refractivity contribution >= 4 is 23.5 Å². The number of hydrogen-bond donors (Lipinski definition) is 0. The summed E-state index contributed by atoms with van der Waals surface area (Å²) in [5.41, 5.74) is 2.55. The summed E-state index contributed by atoms with van der Waals surface area (Å²) in [5, 5.41) is 0. The number of fused-ring (bicyclic) bond motifs is 2. The van der Waals surface area contributed by atoms with Gasteiger partial charge in [0.05, 0.1) is 0 Å². The van der Waals surface area contributed by atoms with Gasteiger partial charge in [-0.2, -0.15) is 0 Å². The Morgan fingerprint density at radius 1 is 1.19 bits per heavy atom. The Labute approximate surface area is 105 Å². The van der Waals surface area contributed by atoms with Crippen LogP contribution < -0.4 is 4.74 Å². The highest BCUT2D eigenvalue weighted by Crippen LogP contribution is 2.65. The zero-order chi connectivity index (χ0) is 11.4. The molecular formula is C13H16OS2. The third-order valence-corrected chi connectivity index (χ3v) is 7.43. The zero-order valence-electron chi connectivity index (χ0n) is 9.87. The van der Waals surface area contributed by atoms with Gasteiger partial charge in [-0.3, -0.25) is 0 Å². The van der Waals surface area contributed by atoms with Gasteiger partial charge in [0.15, 0.2) is 0 Å². The summed E-state index contributed by atoms with van der Waals surface area (Å²) in [6.07, 6.45) is 0. The number of aryl methyl sites for hydroxylation is 1. The van der Waals surface area contributed by atoms with Gasteiger partial charge in [0.1, 0.15) is 15.4 Å². The Hall–Kier alpha value is -0.280. The molecule has 1 nitrogen and oxygen atoms in total. The highest BCUT2D eigenvalue weighted by molar-refractivity contribution is 8.20. The molecule has 1 aromatic carbocycles. The normalized spacial score (nSPS) is 24.4. The van der Waals surface area contributed by atoms with Crippen LogP contribution >= 0.6 is 23.5 Å². The molecule has 0 aromatic heterocycles. The molecule has 0 aliphatic carbocycles. The van der Waals surface area contributed by atoms with Gasteiger partial charge in [0, 0.05) is 17.1 Å². The van der Waals surface area contributed by atoms with Crippen LogP contribution in [0.2, 0.25) is 0 Å². The minimum atomic E-state index is -0.104. The molecule has 0 radical (unpaired) electrons. The summed E-state index contributed by atoms with van der Waals surface area (Å²) >= 11 is 4.10. The van der Waals surface area contributed by atoms with Gasteiger partial charge in [-0.05, 0) is 26.3 Å². The fraction of sp³-hybridized carbons (Fsp3) is 0.538. The number of benzene rings is 1. The Morgan fingerprint density at radius 3 is 2.56 bits per heavy atom. The summed E-state index contributed by atoms with van der Waals surface area (Å²) in [5.74, 6) is 3.57. The lowest BCUT2D eigenvalue weighted by molar-refractivity contribution is 0.125. The van der Waals surface area contributed by atoms with E-state index in [1.54, 1.807) is 0 Å². The number of ether oxygens (including phenoxy) is 1. The predicted molar refractivity (Wildman–Crippen MR) is 72.5 cm³/mol. The highest BCUT2D eigenvalue weighted by atomic mass is 32.2. The zero-order valence-corrected chi connectivity index (χ0v) is 11.5. The van der Waals surface area contributed by atoms with E-state index >= 15 is 0 Å². The first-order chi connectivity index (χ1) is 7.57. The van der Waals surface area contributed by atoms with Gasteiger partial charge in [-0.1, -0.05) is 18.2 Å². The molecule has 2 aliphatic heterocycles. The van der Waals surface area contributed by atoms with Crippen molar-refractivity contribution in [3.05, 3.63) is 29.3 Å². The Balaban J connectivity index is 2.22. The molecule has 2 aliphatic rings. The smallest absolute Gasteiger partial charge is 0.131 e. The van der Waals surface area contributed by atoms with Crippen LogP contribution in [-0.2, 0) is 4.08 Å². The summed E-state index contributed by atoms with van der Waals surface area (Å²) in [4.78, 5) is 0. The standard InChI is InChI=1S/C13H16OS2/c1-9-5-4-6-10-11(9)14-12(2,3)13(10)15-7-8-16-13/h4-6H,7-8H2,1-3H3.